The molecule has 0 spiro atoms. The average Bonchev–Trinajstić information content (AvgIpc) is 3.04. The quantitative estimate of drug-likeness (QED) is 0.507. The summed E-state index contributed by atoms with van der Waals surface area (Å²) in [7, 11) is 1.54. The monoisotopic (exact) mass is 431 g/mol. The van der Waals surface area contributed by atoms with E-state index in [1.165, 1.54) is 0 Å². The molecule has 0 bridgehead atoms. The van der Waals surface area contributed by atoms with Crippen molar-refractivity contribution in [2.75, 3.05) is 20.3 Å². The van der Waals surface area contributed by atoms with Crippen LogP contribution in [0.15, 0.2) is 64.9 Å². The molecule has 32 heavy (non-hydrogen) atoms. The first kappa shape index (κ1) is 21.4. The van der Waals surface area contributed by atoms with Gasteiger partial charge in [0.1, 0.15) is 12.2 Å². The van der Waals surface area contributed by atoms with Gasteiger partial charge in [0, 0.05) is 6.54 Å². The SMILES string of the molecule is C=CCOc1ccc(C2c3c(oc4cc(C)cc(C)c4c3=O)C(=O)N2CC=C)cc1OC. The van der Waals surface area contributed by atoms with E-state index in [1.807, 2.05) is 26.0 Å². The summed E-state index contributed by atoms with van der Waals surface area (Å²) in [5.41, 5.74) is 3.05. The predicted octanol–water partition coefficient (Wildman–Crippen LogP) is 4.71. The molecule has 0 N–H and O–H groups in total. The van der Waals surface area contributed by atoms with Gasteiger partial charge in [-0.3, -0.25) is 9.59 Å². The Labute approximate surface area is 186 Å². The molecule has 1 atom stereocenters. The minimum atomic E-state index is -0.626. The van der Waals surface area contributed by atoms with Crippen molar-refractivity contribution in [2.45, 2.75) is 19.9 Å². The van der Waals surface area contributed by atoms with Gasteiger partial charge in [-0.25, -0.2) is 0 Å². The largest absolute Gasteiger partial charge is 0.493 e. The number of rotatable bonds is 7. The van der Waals surface area contributed by atoms with Crippen LogP contribution in [0, 0.1) is 13.8 Å². The van der Waals surface area contributed by atoms with Crippen LogP contribution in [0.25, 0.3) is 11.0 Å². The highest BCUT2D eigenvalue weighted by atomic mass is 16.5. The molecule has 0 radical (unpaired) electrons. The van der Waals surface area contributed by atoms with Gasteiger partial charge < -0.3 is 18.8 Å². The first-order chi connectivity index (χ1) is 15.4. The van der Waals surface area contributed by atoms with Gasteiger partial charge in [0.05, 0.1) is 24.1 Å². The van der Waals surface area contributed by atoms with Crippen molar-refractivity contribution in [3.05, 3.63) is 93.9 Å². The van der Waals surface area contributed by atoms with E-state index in [2.05, 4.69) is 13.2 Å². The van der Waals surface area contributed by atoms with Crippen LogP contribution in [0.4, 0.5) is 0 Å². The first-order valence-corrected chi connectivity index (χ1v) is 10.3. The number of carbonyl (C=O) groups is 1. The molecule has 1 unspecified atom stereocenters. The molecule has 3 aromatic rings. The van der Waals surface area contributed by atoms with Crippen LogP contribution in [-0.4, -0.2) is 31.1 Å². The van der Waals surface area contributed by atoms with E-state index < -0.39 is 6.04 Å². The summed E-state index contributed by atoms with van der Waals surface area (Å²) in [4.78, 5) is 28.5. The predicted molar refractivity (Wildman–Crippen MR) is 124 cm³/mol. The molecular formula is C26H25NO5. The lowest BCUT2D eigenvalue weighted by Gasteiger charge is -2.24. The molecule has 1 amide bonds. The molecule has 164 valence electrons. The molecule has 0 saturated carbocycles. The zero-order valence-corrected chi connectivity index (χ0v) is 18.4. The smallest absolute Gasteiger partial charge is 0.291 e. The van der Waals surface area contributed by atoms with Crippen molar-refractivity contribution < 1.29 is 18.7 Å². The third-order valence-corrected chi connectivity index (χ3v) is 5.60. The van der Waals surface area contributed by atoms with E-state index in [9.17, 15) is 9.59 Å². The number of methoxy groups -OCH3 is 1. The Morgan fingerprint density at radius 1 is 1.09 bits per heavy atom. The molecule has 6 heteroatoms. The fourth-order valence-electron chi connectivity index (χ4n) is 4.31. The van der Waals surface area contributed by atoms with Gasteiger partial charge >= 0.3 is 0 Å². The summed E-state index contributed by atoms with van der Waals surface area (Å²) in [5.74, 6) is 0.785. The molecule has 1 aliphatic heterocycles. The Morgan fingerprint density at radius 2 is 1.88 bits per heavy atom. The molecule has 2 heterocycles. The van der Waals surface area contributed by atoms with Crippen LogP contribution in [-0.2, 0) is 0 Å². The molecule has 0 fully saturated rings. The van der Waals surface area contributed by atoms with Gasteiger partial charge in [-0.1, -0.05) is 30.9 Å². The van der Waals surface area contributed by atoms with E-state index in [-0.39, 0.29) is 23.6 Å². The summed E-state index contributed by atoms with van der Waals surface area (Å²) in [6.45, 7) is 11.8. The molecule has 2 aromatic carbocycles. The molecule has 6 nitrogen and oxygen atoms in total. The molecular weight excluding hydrogens is 406 g/mol. The fraction of sp³-hybridized carbons (Fsp3) is 0.231. The van der Waals surface area contributed by atoms with Crippen LogP contribution in [0.3, 0.4) is 0 Å². The Balaban J connectivity index is 1.96. The van der Waals surface area contributed by atoms with Crippen molar-refractivity contribution in [3.8, 4) is 11.5 Å². The number of hydrogen-bond acceptors (Lipinski definition) is 5. The van der Waals surface area contributed by atoms with Crippen molar-refractivity contribution in [1.29, 1.82) is 0 Å². The van der Waals surface area contributed by atoms with E-state index in [4.69, 9.17) is 13.9 Å². The van der Waals surface area contributed by atoms with Crippen molar-refractivity contribution in [3.63, 3.8) is 0 Å². The molecule has 4 rings (SSSR count). The maximum atomic E-state index is 13.7. The first-order valence-electron chi connectivity index (χ1n) is 10.3. The van der Waals surface area contributed by atoms with Crippen LogP contribution in [0.5, 0.6) is 11.5 Å². The van der Waals surface area contributed by atoms with E-state index in [0.29, 0.717) is 34.6 Å². The van der Waals surface area contributed by atoms with Gasteiger partial charge in [-0.2, -0.15) is 0 Å². The zero-order valence-electron chi connectivity index (χ0n) is 18.4. The highest BCUT2D eigenvalue weighted by Gasteiger charge is 2.42. The second-order valence-electron chi connectivity index (χ2n) is 7.79. The second kappa shape index (κ2) is 8.38. The minimum absolute atomic E-state index is 0.0744. The molecule has 1 aromatic heterocycles. The van der Waals surface area contributed by atoms with Gasteiger partial charge in [0.25, 0.3) is 5.91 Å². The normalized spacial score (nSPS) is 15.0. The molecule has 0 aliphatic carbocycles. The average molecular weight is 431 g/mol. The number of carbonyl (C=O) groups excluding carboxylic acids is 1. The fourth-order valence-corrected chi connectivity index (χ4v) is 4.31. The maximum absolute atomic E-state index is 13.7. The van der Waals surface area contributed by atoms with Crippen LogP contribution < -0.4 is 14.9 Å². The van der Waals surface area contributed by atoms with Crippen molar-refractivity contribution in [1.82, 2.24) is 4.90 Å². The highest BCUT2D eigenvalue weighted by Crippen LogP contribution is 2.41. The number of amides is 1. The van der Waals surface area contributed by atoms with Crippen LogP contribution in [0.2, 0.25) is 0 Å². The lowest BCUT2D eigenvalue weighted by atomic mass is 9.96. The van der Waals surface area contributed by atoms with E-state index in [1.54, 1.807) is 42.4 Å². The zero-order chi connectivity index (χ0) is 23.0. The summed E-state index contributed by atoms with van der Waals surface area (Å²) < 4.78 is 17.2. The number of benzene rings is 2. The summed E-state index contributed by atoms with van der Waals surface area (Å²) in [6, 6.07) is 8.48. The number of hydrogen-bond donors (Lipinski definition) is 0. The topological polar surface area (TPSA) is 69.0 Å². The second-order valence-corrected chi connectivity index (χ2v) is 7.79. The van der Waals surface area contributed by atoms with E-state index in [0.717, 1.165) is 16.7 Å². The van der Waals surface area contributed by atoms with Gasteiger partial charge in [0.15, 0.2) is 16.9 Å². The Hall–Kier alpha value is -3.80. The lowest BCUT2D eigenvalue weighted by Crippen LogP contribution is -2.29. The Kier molecular flexibility index (Phi) is 5.61. The van der Waals surface area contributed by atoms with Crippen LogP contribution >= 0.6 is 0 Å². The third kappa shape index (κ3) is 3.38. The van der Waals surface area contributed by atoms with Gasteiger partial charge in [0.2, 0.25) is 5.76 Å². The number of ether oxygens (including phenoxy) is 2. The third-order valence-electron chi connectivity index (χ3n) is 5.60. The van der Waals surface area contributed by atoms with Crippen LogP contribution in [0.1, 0.15) is 38.9 Å². The minimum Gasteiger partial charge on any atom is -0.493 e. The van der Waals surface area contributed by atoms with Gasteiger partial charge in [-0.05, 0) is 48.7 Å². The molecule has 1 aliphatic rings. The Morgan fingerprint density at radius 3 is 2.56 bits per heavy atom. The van der Waals surface area contributed by atoms with Crippen molar-refractivity contribution in [2.24, 2.45) is 0 Å². The lowest BCUT2D eigenvalue weighted by molar-refractivity contribution is 0.0748. The summed E-state index contributed by atoms with van der Waals surface area (Å²) in [5, 5.41) is 0.491. The van der Waals surface area contributed by atoms with E-state index >= 15 is 0 Å². The standard InChI is InChI=1S/C26H25NO5/c1-6-10-27-23(17-8-9-18(31-11-7-2)19(14-17)30-5)22-24(28)21-16(4)12-15(3)13-20(21)32-25(22)26(27)29/h6-9,12-14,23H,1-2,10-11H2,3-5H3. The molecule has 0 saturated heterocycles. The van der Waals surface area contributed by atoms with Crippen molar-refractivity contribution >= 4 is 16.9 Å². The number of aryl methyl sites for hydroxylation is 2. The Bertz CT molecular complexity index is 1300. The maximum Gasteiger partial charge on any atom is 0.291 e. The van der Waals surface area contributed by atoms with Gasteiger partial charge in [-0.15, -0.1) is 6.58 Å². The summed E-state index contributed by atoms with van der Waals surface area (Å²) in [6.07, 6.45) is 3.28. The highest BCUT2D eigenvalue weighted by molar-refractivity contribution is 5.99. The number of nitrogens with zero attached hydrogens (tertiary/aromatic N) is 1. The number of fused-ring (bicyclic) bond motifs is 2. The summed E-state index contributed by atoms with van der Waals surface area (Å²) >= 11 is 0.